The van der Waals surface area contributed by atoms with Crippen LogP contribution in [-0.2, 0) is 6.42 Å². The van der Waals surface area contributed by atoms with E-state index < -0.39 is 0 Å². The molecule has 1 unspecified atom stereocenters. The van der Waals surface area contributed by atoms with E-state index in [1.807, 2.05) is 30.3 Å². The molecular formula is C17H14O3. The Balaban J connectivity index is 1.64. The van der Waals surface area contributed by atoms with Gasteiger partial charge < -0.3 is 9.47 Å². The van der Waals surface area contributed by atoms with Crippen LogP contribution < -0.4 is 9.47 Å². The first-order valence-corrected chi connectivity index (χ1v) is 6.84. The van der Waals surface area contributed by atoms with Gasteiger partial charge in [0.05, 0.1) is 5.92 Å². The quantitative estimate of drug-likeness (QED) is 0.784. The lowest BCUT2D eigenvalue weighted by Crippen LogP contribution is -2.25. The van der Waals surface area contributed by atoms with E-state index in [1.165, 1.54) is 5.56 Å². The van der Waals surface area contributed by atoms with Crippen molar-refractivity contribution in [3.8, 4) is 11.5 Å². The molecule has 3 heteroatoms. The molecule has 0 saturated carbocycles. The van der Waals surface area contributed by atoms with Crippen LogP contribution in [0.3, 0.4) is 0 Å². The van der Waals surface area contributed by atoms with E-state index in [1.54, 1.807) is 6.07 Å². The second kappa shape index (κ2) is 4.37. The summed E-state index contributed by atoms with van der Waals surface area (Å²) < 4.78 is 11.0. The van der Waals surface area contributed by atoms with E-state index in [0.717, 1.165) is 17.7 Å². The molecule has 0 fully saturated rings. The largest absolute Gasteiger partial charge is 0.486 e. The highest BCUT2D eigenvalue weighted by atomic mass is 16.6. The molecule has 1 aliphatic heterocycles. The molecule has 1 heterocycles. The number of fused-ring (bicyclic) bond motifs is 2. The molecule has 2 aromatic rings. The Labute approximate surface area is 117 Å². The highest BCUT2D eigenvalue weighted by molar-refractivity contribution is 6.03. The Bertz CT molecular complexity index is 690. The van der Waals surface area contributed by atoms with Crippen molar-refractivity contribution in [1.82, 2.24) is 0 Å². The van der Waals surface area contributed by atoms with E-state index in [0.29, 0.717) is 24.5 Å². The molecule has 0 saturated heterocycles. The highest BCUT2D eigenvalue weighted by Crippen LogP contribution is 2.39. The van der Waals surface area contributed by atoms with Gasteiger partial charge in [0, 0.05) is 5.56 Å². The maximum absolute atomic E-state index is 12.6. The van der Waals surface area contributed by atoms with Crippen molar-refractivity contribution in [2.24, 2.45) is 0 Å². The van der Waals surface area contributed by atoms with Crippen molar-refractivity contribution < 1.29 is 14.3 Å². The summed E-state index contributed by atoms with van der Waals surface area (Å²) in [4.78, 5) is 12.6. The summed E-state index contributed by atoms with van der Waals surface area (Å²) in [5.74, 6) is 1.56. The molecule has 2 aliphatic rings. The number of Topliss-reactive ketones (excluding diaryl/α,β-unsaturated/α-hetero) is 1. The van der Waals surface area contributed by atoms with Gasteiger partial charge in [0.25, 0.3) is 0 Å². The molecule has 0 radical (unpaired) electrons. The van der Waals surface area contributed by atoms with Crippen LogP contribution in [0.25, 0.3) is 0 Å². The summed E-state index contributed by atoms with van der Waals surface area (Å²) >= 11 is 0. The Morgan fingerprint density at radius 3 is 2.65 bits per heavy atom. The first-order chi connectivity index (χ1) is 9.83. The van der Waals surface area contributed by atoms with Crippen LogP contribution in [-0.4, -0.2) is 19.0 Å². The lowest BCUT2D eigenvalue weighted by molar-refractivity contribution is 0.0947. The first-order valence-electron chi connectivity index (χ1n) is 6.84. The lowest BCUT2D eigenvalue weighted by Gasteiger charge is -2.29. The van der Waals surface area contributed by atoms with Crippen molar-refractivity contribution in [3.05, 3.63) is 59.2 Å². The zero-order valence-corrected chi connectivity index (χ0v) is 11.0. The third-order valence-corrected chi connectivity index (χ3v) is 4.00. The maximum Gasteiger partial charge on any atom is 0.170 e. The maximum atomic E-state index is 12.6. The number of ether oxygens (including phenoxy) is 2. The summed E-state index contributed by atoms with van der Waals surface area (Å²) in [6, 6.07) is 13.6. The summed E-state index contributed by atoms with van der Waals surface area (Å²) in [6.45, 7) is 1.10. The minimum atomic E-state index is -0.00578. The molecule has 2 aromatic carbocycles. The number of rotatable bonds is 2. The van der Waals surface area contributed by atoms with Gasteiger partial charge >= 0.3 is 0 Å². The molecule has 0 N–H and O–H groups in total. The second-order valence-corrected chi connectivity index (χ2v) is 5.18. The van der Waals surface area contributed by atoms with Gasteiger partial charge in [-0.3, -0.25) is 4.79 Å². The molecular weight excluding hydrogens is 252 g/mol. The van der Waals surface area contributed by atoms with Gasteiger partial charge in [-0.1, -0.05) is 24.3 Å². The van der Waals surface area contributed by atoms with Crippen molar-refractivity contribution in [2.75, 3.05) is 13.2 Å². The van der Waals surface area contributed by atoms with Gasteiger partial charge in [-0.15, -0.1) is 0 Å². The molecule has 20 heavy (non-hydrogen) atoms. The zero-order valence-electron chi connectivity index (χ0n) is 11.0. The third-order valence-electron chi connectivity index (χ3n) is 4.00. The monoisotopic (exact) mass is 266 g/mol. The van der Waals surface area contributed by atoms with Crippen molar-refractivity contribution in [1.29, 1.82) is 0 Å². The number of hydrogen-bond acceptors (Lipinski definition) is 3. The Hall–Kier alpha value is -2.29. The van der Waals surface area contributed by atoms with Gasteiger partial charge in [0.1, 0.15) is 13.2 Å². The predicted octanol–water partition coefficient (Wildman–Crippen LogP) is 2.98. The molecule has 1 aliphatic carbocycles. The van der Waals surface area contributed by atoms with Crippen molar-refractivity contribution in [2.45, 2.75) is 12.3 Å². The van der Waals surface area contributed by atoms with Crippen molar-refractivity contribution >= 4 is 5.78 Å². The van der Waals surface area contributed by atoms with Crippen LogP contribution in [0.4, 0.5) is 0 Å². The van der Waals surface area contributed by atoms with E-state index >= 15 is 0 Å². The summed E-state index contributed by atoms with van der Waals surface area (Å²) in [6.07, 6.45) is 0.837. The Kier molecular flexibility index (Phi) is 2.52. The molecule has 0 amide bonds. The van der Waals surface area contributed by atoms with Gasteiger partial charge in [0.15, 0.2) is 17.3 Å². The minimum absolute atomic E-state index is 0.00578. The number of benzene rings is 2. The van der Waals surface area contributed by atoms with Crippen LogP contribution >= 0.6 is 0 Å². The fraction of sp³-hybridized carbons (Fsp3) is 0.235. The van der Waals surface area contributed by atoms with Crippen LogP contribution in [0.2, 0.25) is 0 Å². The summed E-state index contributed by atoms with van der Waals surface area (Å²) in [5.41, 5.74) is 3.14. The van der Waals surface area contributed by atoms with E-state index in [-0.39, 0.29) is 11.7 Å². The fourth-order valence-electron chi connectivity index (χ4n) is 2.89. The predicted molar refractivity (Wildman–Crippen MR) is 74.6 cm³/mol. The van der Waals surface area contributed by atoms with E-state index in [2.05, 4.69) is 6.07 Å². The first kappa shape index (κ1) is 11.5. The molecule has 0 bridgehead atoms. The number of carbonyl (C=O) groups excluding carboxylic acids is 1. The van der Waals surface area contributed by atoms with Gasteiger partial charge in [0.2, 0.25) is 0 Å². The van der Waals surface area contributed by atoms with Crippen LogP contribution in [0.15, 0.2) is 42.5 Å². The van der Waals surface area contributed by atoms with E-state index in [9.17, 15) is 4.79 Å². The molecule has 3 nitrogen and oxygen atoms in total. The van der Waals surface area contributed by atoms with Gasteiger partial charge in [-0.25, -0.2) is 0 Å². The van der Waals surface area contributed by atoms with Gasteiger partial charge in [-0.05, 0) is 35.7 Å². The van der Waals surface area contributed by atoms with E-state index in [4.69, 9.17) is 9.47 Å². The van der Waals surface area contributed by atoms with Crippen LogP contribution in [0.1, 0.15) is 27.4 Å². The molecule has 4 rings (SSSR count). The van der Waals surface area contributed by atoms with Crippen LogP contribution in [0.5, 0.6) is 11.5 Å². The normalized spacial score (nSPS) is 18.9. The zero-order chi connectivity index (χ0) is 13.5. The summed E-state index contributed by atoms with van der Waals surface area (Å²) in [5, 5.41) is 0. The third kappa shape index (κ3) is 1.70. The smallest absolute Gasteiger partial charge is 0.170 e. The topological polar surface area (TPSA) is 35.5 Å². The SMILES string of the molecule is O=C(c1ccc2c(c1)OCCO2)C1Cc2ccccc21. The minimum Gasteiger partial charge on any atom is -0.486 e. The second-order valence-electron chi connectivity index (χ2n) is 5.18. The lowest BCUT2D eigenvalue weighted by atomic mass is 9.74. The van der Waals surface area contributed by atoms with Crippen molar-refractivity contribution in [3.63, 3.8) is 0 Å². The van der Waals surface area contributed by atoms with Gasteiger partial charge in [-0.2, -0.15) is 0 Å². The number of ketones is 1. The average molecular weight is 266 g/mol. The van der Waals surface area contributed by atoms with Crippen LogP contribution in [0, 0.1) is 0 Å². The number of hydrogen-bond donors (Lipinski definition) is 0. The standard InChI is InChI=1S/C17H14O3/c18-17(14-9-11-3-1-2-4-13(11)14)12-5-6-15-16(10-12)20-8-7-19-15/h1-6,10,14H,7-9H2. The Morgan fingerprint density at radius 2 is 1.80 bits per heavy atom. The average Bonchev–Trinajstić information content (AvgIpc) is 2.48. The Morgan fingerprint density at radius 1 is 1.00 bits per heavy atom. The number of carbonyl (C=O) groups is 1. The molecule has 0 aromatic heterocycles. The molecule has 0 spiro atoms. The molecule has 1 atom stereocenters. The fourth-order valence-corrected chi connectivity index (χ4v) is 2.89. The summed E-state index contributed by atoms with van der Waals surface area (Å²) in [7, 11) is 0. The highest BCUT2D eigenvalue weighted by Gasteiger charge is 2.32. The molecule has 100 valence electrons.